The number of hydrogen-bond acceptors (Lipinski definition) is 5. The first-order chi connectivity index (χ1) is 18.2. The molecule has 4 aliphatic rings. The van der Waals surface area contributed by atoms with Gasteiger partial charge in [0, 0.05) is 23.2 Å². The maximum atomic E-state index is 14.0. The molecule has 8 atom stereocenters. The second-order valence-electron chi connectivity index (χ2n) is 12.0. The number of benzene rings is 1. The summed E-state index contributed by atoms with van der Waals surface area (Å²) in [5.41, 5.74) is -0.422. The van der Waals surface area contributed by atoms with Crippen LogP contribution in [0, 0.1) is 29.6 Å². The molecular formula is C30H41N3O4S. The molecule has 5 rings (SSSR count). The van der Waals surface area contributed by atoms with Crippen LogP contribution in [0.4, 0.5) is 5.69 Å². The van der Waals surface area contributed by atoms with E-state index in [0.29, 0.717) is 30.0 Å². The molecule has 1 aromatic carbocycles. The standard InChI is InChI=1S/C30H41N3O4S/c1-17(2)13-15-33-26(28(35)32-22-11-6-8-18(3)19(22)4)30-14-12-23(37-30)24(25(30)29(33)36)27(34)31-20-9-7-10-21(16-20)38-5/h7,9-10,12,14,16-19,22-26H,6,8,11,13,15H2,1-5H3,(H,31,34)(H,32,35)/t18-,19-,22+,23+,24-,25+,26+,30+/m0/s1. The number of thioether (sulfide) groups is 1. The molecule has 3 aliphatic heterocycles. The lowest BCUT2D eigenvalue weighted by Crippen LogP contribution is -2.58. The average molecular weight is 540 g/mol. The van der Waals surface area contributed by atoms with Crippen LogP contribution in [0.15, 0.2) is 41.3 Å². The van der Waals surface area contributed by atoms with Crippen LogP contribution in [-0.2, 0) is 19.1 Å². The van der Waals surface area contributed by atoms with Gasteiger partial charge in [-0.1, -0.05) is 58.8 Å². The van der Waals surface area contributed by atoms with Gasteiger partial charge in [0.05, 0.1) is 17.9 Å². The summed E-state index contributed by atoms with van der Waals surface area (Å²) in [6.45, 7) is 9.14. The van der Waals surface area contributed by atoms with E-state index in [1.165, 1.54) is 6.42 Å². The van der Waals surface area contributed by atoms with E-state index in [9.17, 15) is 14.4 Å². The Labute approximate surface area is 230 Å². The molecule has 1 saturated carbocycles. The highest BCUT2D eigenvalue weighted by Crippen LogP contribution is 2.55. The maximum absolute atomic E-state index is 14.0. The zero-order valence-corrected chi connectivity index (χ0v) is 23.9. The lowest BCUT2D eigenvalue weighted by molar-refractivity contribution is -0.141. The monoisotopic (exact) mass is 539 g/mol. The van der Waals surface area contributed by atoms with Gasteiger partial charge in [-0.3, -0.25) is 14.4 Å². The first-order valence-corrected chi connectivity index (χ1v) is 15.3. The van der Waals surface area contributed by atoms with Crippen molar-refractivity contribution < 1.29 is 19.1 Å². The van der Waals surface area contributed by atoms with Crippen molar-refractivity contribution in [3.63, 3.8) is 0 Å². The van der Waals surface area contributed by atoms with Gasteiger partial charge < -0.3 is 20.3 Å². The van der Waals surface area contributed by atoms with Gasteiger partial charge in [0.15, 0.2) is 0 Å². The number of carbonyl (C=O) groups excluding carboxylic acids is 3. The molecule has 2 bridgehead atoms. The van der Waals surface area contributed by atoms with Gasteiger partial charge in [-0.25, -0.2) is 0 Å². The van der Waals surface area contributed by atoms with Gasteiger partial charge in [-0.2, -0.15) is 0 Å². The molecule has 0 aromatic heterocycles. The molecule has 0 radical (unpaired) electrons. The van der Waals surface area contributed by atoms with Crippen molar-refractivity contribution >= 4 is 35.2 Å². The Bertz CT molecular complexity index is 1120. The largest absolute Gasteiger partial charge is 0.359 e. The van der Waals surface area contributed by atoms with Gasteiger partial charge in [-0.05, 0) is 55.1 Å². The number of nitrogens with one attached hydrogen (secondary N) is 2. The SMILES string of the molecule is CSc1cccc(NC(=O)[C@H]2[C@H]3C=C[C@@]4(O3)[C@H]2C(=O)N(CCC(C)C)[C@@H]4C(=O)N[C@@H]2CCC[C@H](C)[C@@H]2C)c1. The highest BCUT2D eigenvalue weighted by Gasteiger charge is 2.72. The quantitative estimate of drug-likeness (QED) is 0.376. The average Bonchev–Trinajstić information content (AvgIpc) is 3.52. The summed E-state index contributed by atoms with van der Waals surface area (Å²) in [4.78, 5) is 44.4. The van der Waals surface area contributed by atoms with Gasteiger partial charge in [0.25, 0.3) is 0 Å². The van der Waals surface area contributed by atoms with Crippen LogP contribution in [-0.4, -0.2) is 59.2 Å². The smallest absolute Gasteiger partial charge is 0.246 e. The van der Waals surface area contributed by atoms with Crippen LogP contribution in [0.25, 0.3) is 0 Å². The minimum Gasteiger partial charge on any atom is -0.359 e. The van der Waals surface area contributed by atoms with E-state index in [1.807, 2.05) is 42.7 Å². The third-order valence-electron chi connectivity index (χ3n) is 9.24. The number of amides is 3. The number of nitrogens with zero attached hydrogens (tertiary/aromatic N) is 1. The lowest BCUT2D eigenvalue weighted by atomic mass is 9.73. The second-order valence-corrected chi connectivity index (χ2v) is 12.9. The molecule has 206 valence electrons. The van der Waals surface area contributed by atoms with E-state index in [2.05, 4.69) is 38.3 Å². The molecule has 0 unspecified atom stereocenters. The topological polar surface area (TPSA) is 87.7 Å². The number of likely N-dealkylation sites (tertiary alicyclic amines) is 1. The van der Waals surface area contributed by atoms with E-state index in [4.69, 9.17) is 4.74 Å². The van der Waals surface area contributed by atoms with Crippen LogP contribution in [0.1, 0.15) is 53.4 Å². The minimum absolute atomic E-state index is 0.0779. The second kappa shape index (κ2) is 10.7. The maximum Gasteiger partial charge on any atom is 0.246 e. The molecule has 1 aromatic rings. The fraction of sp³-hybridized carbons (Fsp3) is 0.633. The number of rotatable bonds is 8. The van der Waals surface area contributed by atoms with Gasteiger partial charge >= 0.3 is 0 Å². The fourth-order valence-electron chi connectivity index (χ4n) is 6.88. The highest BCUT2D eigenvalue weighted by atomic mass is 32.2. The summed E-state index contributed by atoms with van der Waals surface area (Å²) < 4.78 is 6.48. The van der Waals surface area contributed by atoms with Crippen LogP contribution in [0.3, 0.4) is 0 Å². The summed E-state index contributed by atoms with van der Waals surface area (Å²) in [7, 11) is 0. The van der Waals surface area contributed by atoms with E-state index in [0.717, 1.165) is 24.2 Å². The Morgan fingerprint density at radius 1 is 1.21 bits per heavy atom. The number of carbonyl (C=O) groups is 3. The molecule has 7 nitrogen and oxygen atoms in total. The Kier molecular flexibility index (Phi) is 7.66. The summed E-state index contributed by atoms with van der Waals surface area (Å²) in [6.07, 6.45) is 9.22. The van der Waals surface area contributed by atoms with Crippen molar-refractivity contribution in [1.29, 1.82) is 0 Å². The molecule has 2 N–H and O–H groups in total. The van der Waals surface area contributed by atoms with Crippen LogP contribution in [0.2, 0.25) is 0 Å². The minimum atomic E-state index is -1.12. The predicted molar refractivity (Wildman–Crippen MR) is 150 cm³/mol. The molecule has 2 saturated heterocycles. The molecular weight excluding hydrogens is 498 g/mol. The number of hydrogen-bond donors (Lipinski definition) is 2. The molecule has 38 heavy (non-hydrogen) atoms. The normalized spacial score (nSPS) is 35.6. The zero-order valence-electron chi connectivity index (χ0n) is 23.1. The van der Waals surface area contributed by atoms with E-state index >= 15 is 0 Å². The van der Waals surface area contributed by atoms with Crippen molar-refractivity contribution in [2.45, 2.75) is 82.1 Å². The Hall–Kier alpha value is -2.32. The van der Waals surface area contributed by atoms with E-state index < -0.39 is 29.6 Å². The van der Waals surface area contributed by atoms with Crippen molar-refractivity contribution in [3.8, 4) is 0 Å². The summed E-state index contributed by atoms with van der Waals surface area (Å²) in [5.74, 6) is -0.662. The van der Waals surface area contributed by atoms with E-state index in [-0.39, 0.29) is 23.8 Å². The van der Waals surface area contributed by atoms with Crippen molar-refractivity contribution in [2.24, 2.45) is 29.6 Å². The molecule has 3 amide bonds. The van der Waals surface area contributed by atoms with Crippen LogP contribution < -0.4 is 10.6 Å². The molecule has 1 spiro atoms. The Balaban J connectivity index is 1.43. The zero-order chi connectivity index (χ0) is 27.2. The van der Waals surface area contributed by atoms with Gasteiger partial charge in [0.1, 0.15) is 11.6 Å². The van der Waals surface area contributed by atoms with Crippen LogP contribution >= 0.6 is 11.8 Å². The number of ether oxygens (including phenoxy) is 1. The summed E-state index contributed by atoms with van der Waals surface area (Å²) in [5, 5.41) is 6.34. The third-order valence-corrected chi connectivity index (χ3v) is 9.97. The third kappa shape index (κ3) is 4.68. The lowest BCUT2D eigenvalue weighted by Gasteiger charge is -2.38. The summed E-state index contributed by atoms with van der Waals surface area (Å²) >= 11 is 1.60. The van der Waals surface area contributed by atoms with Gasteiger partial charge in [0.2, 0.25) is 17.7 Å². The highest BCUT2D eigenvalue weighted by molar-refractivity contribution is 7.98. The molecule has 1 aliphatic carbocycles. The van der Waals surface area contributed by atoms with Crippen molar-refractivity contribution in [1.82, 2.24) is 10.2 Å². The first-order valence-electron chi connectivity index (χ1n) is 14.1. The van der Waals surface area contributed by atoms with Crippen molar-refractivity contribution in [2.75, 3.05) is 18.1 Å². The van der Waals surface area contributed by atoms with Crippen molar-refractivity contribution in [3.05, 3.63) is 36.4 Å². The Morgan fingerprint density at radius 2 is 2.00 bits per heavy atom. The number of fused-ring (bicyclic) bond motifs is 1. The first kappa shape index (κ1) is 27.3. The summed E-state index contributed by atoms with van der Waals surface area (Å²) in [6, 6.07) is 6.98. The molecule has 3 fully saturated rings. The molecule has 8 heteroatoms. The fourth-order valence-corrected chi connectivity index (χ4v) is 7.34. The van der Waals surface area contributed by atoms with E-state index in [1.54, 1.807) is 16.7 Å². The van der Waals surface area contributed by atoms with Crippen LogP contribution in [0.5, 0.6) is 0 Å². The number of anilines is 1. The molecule has 3 heterocycles. The van der Waals surface area contributed by atoms with Gasteiger partial charge in [-0.15, -0.1) is 11.8 Å². The predicted octanol–water partition coefficient (Wildman–Crippen LogP) is 4.48. The Morgan fingerprint density at radius 3 is 2.74 bits per heavy atom.